The third-order valence-electron chi connectivity index (χ3n) is 3.32. The zero-order chi connectivity index (χ0) is 13.0. The van der Waals surface area contributed by atoms with Crippen molar-refractivity contribution < 1.29 is 14.3 Å². The van der Waals surface area contributed by atoms with E-state index in [2.05, 4.69) is 4.74 Å². The molecule has 1 aliphatic rings. The molecule has 0 radical (unpaired) electrons. The van der Waals surface area contributed by atoms with Crippen molar-refractivity contribution in [1.82, 2.24) is 4.90 Å². The van der Waals surface area contributed by atoms with Crippen molar-refractivity contribution in [3.8, 4) is 0 Å². The van der Waals surface area contributed by atoms with Gasteiger partial charge in [0, 0.05) is 11.4 Å². The monoisotopic (exact) mass is 267 g/mol. The number of rotatable bonds is 4. The van der Waals surface area contributed by atoms with Crippen LogP contribution >= 0.6 is 11.3 Å². The summed E-state index contributed by atoms with van der Waals surface area (Å²) in [5.74, 6) is -0.418. The molecule has 0 aromatic carbocycles. The first kappa shape index (κ1) is 13.1. The Balaban J connectivity index is 2.13. The fourth-order valence-corrected chi connectivity index (χ4v) is 2.97. The first-order valence-electron chi connectivity index (χ1n) is 6.12. The summed E-state index contributed by atoms with van der Waals surface area (Å²) < 4.78 is 4.68. The van der Waals surface area contributed by atoms with E-state index in [4.69, 9.17) is 0 Å². The highest BCUT2D eigenvalue weighted by molar-refractivity contribution is 7.08. The lowest BCUT2D eigenvalue weighted by molar-refractivity contribution is -0.141. The molecular weight excluding hydrogens is 250 g/mol. The molecule has 1 fully saturated rings. The molecule has 0 unspecified atom stereocenters. The molecular formula is C13H17NO3S. The minimum atomic E-state index is -0.356. The van der Waals surface area contributed by atoms with Crippen LogP contribution in [-0.2, 0) is 9.53 Å². The molecule has 2 rings (SSSR count). The van der Waals surface area contributed by atoms with Gasteiger partial charge in [-0.3, -0.25) is 9.59 Å². The average molecular weight is 267 g/mol. The van der Waals surface area contributed by atoms with E-state index in [-0.39, 0.29) is 24.5 Å². The zero-order valence-electron chi connectivity index (χ0n) is 10.4. The van der Waals surface area contributed by atoms with E-state index >= 15 is 0 Å². The van der Waals surface area contributed by atoms with Gasteiger partial charge in [0.25, 0.3) is 5.91 Å². The van der Waals surface area contributed by atoms with Gasteiger partial charge in [0.05, 0.1) is 12.7 Å². The van der Waals surface area contributed by atoms with Gasteiger partial charge in [-0.1, -0.05) is 12.8 Å². The normalized spacial score (nSPS) is 15.6. The van der Waals surface area contributed by atoms with Crippen LogP contribution < -0.4 is 0 Å². The first-order chi connectivity index (χ1) is 8.72. The SMILES string of the molecule is COC(=O)CN(C(=O)c1ccsc1)C1CCCC1. The Morgan fingerprint density at radius 2 is 2.17 bits per heavy atom. The molecule has 0 spiro atoms. The van der Waals surface area contributed by atoms with E-state index in [1.165, 1.54) is 18.4 Å². The summed E-state index contributed by atoms with van der Waals surface area (Å²) >= 11 is 1.49. The summed E-state index contributed by atoms with van der Waals surface area (Å²) in [7, 11) is 1.35. The zero-order valence-corrected chi connectivity index (χ0v) is 11.2. The number of thiophene rings is 1. The van der Waals surface area contributed by atoms with Crippen LogP contribution in [0.15, 0.2) is 16.8 Å². The van der Waals surface area contributed by atoms with Crippen LogP contribution in [0.3, 0.4) is 0 Å². The predicted molar refractivity (Wildman–Crippen MR) is 69.6 cm³/mol. The van der Waals surface area contributed by atoms with Gasteiger partial charge in [0.1, 0.15) is 6.54 Å². The van der Waals surface area contributed by atoms with Crippen LogP contribution in [0.2, 0.25) is 0 Å². The predicted octanol–water partition coefficient (Wildman–Crippen LogP) is 2.31. The highest BCUT2D eigenvalue weighted by Crippen LogP contribution is 2.25. The molecule has 0 bridgehead atoms. The van der Waals surface area contributed by atoms with Crippen LogP contribution in [0.25, 0.3) is 0 Å². The number of amides is 1. The molecule has 1 aromatic heterocycles. The number of methoxy groups -OCH3 is 1. The minimum absolute atomic E-state index is 0.0514. The van der Waals surface area contributed by atoms with E-state index in [9.17, 15) is 9.59 Å². The Bertz CT molecular complexity index is 410. The number of nitrogens with zero attached hydrogens (tertiary/aromatic N) is 1. The maximum absolute atomic E-state index is 12.4. The van der Waals surface area contributed by atoms with Crippen molar-refractivity contribution in [2.75, 3.05) is 13.7 Å². The second-order valence-electron chi connectivity index (χ2n) is 4.46. The highest BCUT2D eigenvalue weighted by atomic mass is 32.1. The van der Waals surface area contributed by atoms with Crippen molar-refractivity contribution in [3.63, 3.8) is 0 Å². The highest BCUT2D eigenvalue weighted by Gasteiger charge is 2.29. The minimum Gasteiger partial charge on any atom is -0.468 e. The van der Waals surface area contributed by atoms with Gasteiger partial charge in [0.15, 0.2) is 0 Å². The maximum atomic E-state index is 12.4. The van der Waals surface area contributed by atoms with Gasteiger partial charge in [-0.25, -0.2) is 0 Å². The summed E-state index contributed by atoms with van der Waals surface area (Å²) in [6.07, 6.45) is 4.21. The number of esters is 1. The molecule has 0 aliphatic heterocycles. The maximum Gasteiger partial charge on any atom is 0.325 e. The average Bonchev–Trinajstić information content (AvgIpc) is 3.06. The summed E-state index contributed by atoms with van der Waals surface area (Å²) in [6, 6.07) is 1.98. The number of hydrogen-bond acceptors (Lipinski definition) is 4. The molecule has 5 heteroatoms. The van der Waals surface area contributed by atoms with Gasteiger partial charge >= 0.3 is 5.97 Å². The van der Waals surface area contributed by atoms with Crippen LogP contribution in [0.5, 0.6) is 0 Å². The van der Waals surface area contributed by atoms with Crippen LogP contribution in [0, 0.1) is 0 Å². The lowest BCUT2D eigenvalue weighted by atomic mass is 10.1. The lowest BCUT2D eigenvalue weighted by Gasteiger charge is -2.27. The van der Waals surface area contributed by atoms with Crippen LogP contribution in [0.1, 0.15) is 36.0 Å². The number of carbonyl (C=O) groups is 2. The molecule has 4 nitrogen and oxygen atoms in total. The Morgan fingerprint density at radius 1 is 1.44 bits per heavy atom. The molecule has 1 saturated carbocycles. The molecule has 98 valence electrons. The Morgan fingerprint density at radius 3 is 2.72 bits per heavy atom. The van der Waals surface area contributed by atoms with E-state index in [0.717, 1.165) is 25.7 Å². The Hall–Kier alpha value is -1.36. The summed E-state index contributed by atoms with van der Waals surface area (Å²) in [4.78, 5) is 25.5. The quantitative estimate of drug-likeness (QED) is 0.786. The van der Waals surface area contributed by atoms with Crippen LogP contribution in [0.4, 0.5) is 0 Å². The van der Waals surface area contributed by atoms with E-state index < -0.39 is 0 Å². The molecule has 0 saturated heterocycles. The number of hydrogen-bond donors (Lipinski definition) is 0. The first-order valence-corrected chi connectivity index (χ1v) is 7.06. The molecule has 0 N–H and O–H groups in total. The van der Waals surface area contributed by atoms with Crippen LogP contribution in [-0.4, -0.2) is 36.5 Å². The van der Waals surface area contributed by atoms with E-state index in [1.54, 1.807) is 11.0 Å². The lowest BCUT2D eigenvalue weighted by Crippen LogP contribution is -2.42. The van der Waals surface area contributed by atoms with Crippen molar-refractivity contribution in [3.05, 3.63) is 22.4 Å². The molecule has 1 aliphatic carbocycles. The van der Waals surface area contributed by atoms with Crippen molar-refractivity contribution in [2.45, 2.75) is 31.7 Å². The standard InChI is InChI=1S/C13H17NO3S/c1-17-12(15)8-14(11-4-2-3-5-11)13(16)10-6-7-18-9-10/h6-7,9,11H,2-5,8H2,1H3. The molecule has 18 heavy (non-hydrogen) atoms. The van der Waals surface area contributed by atoms with Gasteiger partial charge in [0.2, 0.25) is 0 Å². The van der Waals surface area contributed by atoms with Gasteiger partial charge in [-0.2, -0.15) is 11.3 Å². The van der Waals surface area contributed by atoms with Crippen molar-refractivity contribution in [1.29, 1.82) is 0 Å². The fourth-order valence-electron chi connectivity index (χ4n) is 2.34. The van der Waals surface area contributed by atoms with Gasteiger partial charge < -0.3 is 9.64 Å². The topological polar surface area (TPSA) is 46.6 Å². The molecule has 1 amide bonds. The molecule has 0 atom stereocenters. The van der Waals surface area contributed by atoms with Gasteiger partial charge in [-0.15, -0.1) is 0 Å². The smallest absolute Gasteiger partial charge is 0.325 e. The number of carbonyl (C=O) groups excluding carboxylic acids is 2. The summed E-state index contributed by atoms with van der Waals surface area (Å²) in [6.45, 7) is 0.0514. The molecule has 1 aromatic rings. The van der Waals surface area contributed by atoms with Crippen molar-refractivity contribution >= 4 is 23.2 Å². The van der Waals surface area contributed by atoms with E-state index in [0.29, 0.717) is 5.56 Å². The number of ether oxygens (including phenoxy) is 1. The summed E-state index contributed by atoms with van der Waals surface area (Å²) in [5.41, 5.74) is 0.663. The van der Waals surface area contributed by atoms with E-state index in [1.807, 2.05) is 10.8 Å². The van der Waals surface area contributed by atoms with Crippen molar-refractivity contribution in [2.24, 2.45) is 0 Å². The Kier molecular flexibility index (Phi) is 4.36. The van der Waals surface area contributed by atoms with Gasteiger partial charge in [-0.05, 0) is 24.3 Å². The largest absolute Gasteiger partial charge is 0.468 e. The summed E-state index contributed by atoms with van der Waals surface area (Å²) in [5, 5.41) is 3.69. The third-order valence-corrected chi connectivity index (χ3v) is 4.00. The third kappa shape index (κ3) is 2.90. The fraction of sp³-hybridized carbons (Fsp3) is 0.538. The Labute approximate surface area is 111 Å². The second kappa shape index (κ2) is 6.00. The molecule has 1 heterocycles. The second-order valence-corrected chi connectivity index (χ2v) is 5.24.